The molecule has 4 rings (SSSR count). The Balaban J connectivity index is 1.40. The zero-order valence-electron chi connectivity index (χ0n) is 17.2. The number of hydrogen-bond acceptors (Lipinski definition) is 5. The standard InChI is InChI=1S/C23H29N3O3/c1-15-10-17-13-18(14-24-21(27)12-16-6-4-3-5-7-16)29-23(17)19(11-15)20-8-9-22(28-2)26-25-20/h8-11,16,18H,3-7,12-14H2,1-2H3,(H,24,27). The molecule has 1 unspecified atom stereocenters. The molecule has 0 radical (unpaired) electrons. The van der Waals surface area contributed by atoms with Gasteiger partial charge in [-0.1, -0.05) is 25.3 Å². The molecule has 1 N–H and O–H groups in total. The quantitative estimate of drug-likeness (QED) is 0.804. The van der Waals surface area contributed by atoms with Crippen LogP contribution in [0.1, 0.15) is 49.7 Å². The largest absolute Gasteiger partial charge is 0.487 e. The van der Waals surface area contributed by atoms with E-state index in [-0.39, 0.29) is 12.0 Å². The summed E-state index contributed by atoms with van der Waals surface area (Å²) in [6.07, 6.45) is 7.58. The van der Waals surface area contributed by atoms with Crippen LogP contribution >= 0.6 is 0 Å². The summed E-state index contributed by atoms with van der Waals surface area (Å²) in [6.45, 7) is 2.60. The number of carbonyl (C=O) groups is 1. The zero-order chi connectivity index (χ0) is 20.2. The molecule has 29 heavy (non-hydrogen) atoms. The molecule has 6 heteroatoms. The molecule has 1 fully saturated rings. The van der Waals surface area contributed by atoms with E-state index < -0.39 is 0 Å². The molecule has 1 aromatic heterocycles. The van der Waals surface area contributed by atoms with Crippen molar-refractivity contribution in [3.63, 3.8) is 0 Å². The number of benzene rings is 1. The molecule has 1 saturated carbocycles. The maximum absolute atomic E-state index is 12.3. The monoisotopic (exact) mass is 395 g/mol. The van der Waals surface area contributed by atoms with Crippen LogP contribution in [0.15, 0.2) is 24.3 Å². The molecule has 6 nitrogen and oxygen atoms in total. The highest BCUT2D eigenvalue weighted by molar-refractivity contribution is 5.76. The van der Waals surface area contributed by atoms with Gasteiger partial charge < -0.3 is 14.8 Å². The van der Waals surface area contributed by atoms with E-state index in [4.69, 9.17) is 9.47 Å². The Morgan fingerprint density at radius 1 is 1.21 bits per heavy atom. The van der Waals surface area contributed by atoms with Crippen molar-refractivity contribution in [1.29, 1.82) is 0 Å². The molecule has 0 saturated heterocycles. The number of carbonyl (C=O) groups excluding carboxylic acids is 1. The van der Waals surface area contributed by atoms with Crippen molar-refractivity contribution in [3.05, 3.63) is 35.4 Å². The number of amides is 1. The fourth-order valence-corrected chi connectivity index (χ4v) is 4.42. The lowest BCUT2D eigenvalue weighted by atomic mass is 9.87. The van der Waals surface area contributed by atoms with Crippen LogP contribution in [-0.2, 0) is 11.2 Å². The first-order valence-corrected chi connectivity index (χ1v) is 10.6. The Hall–Kier alpha value is -2.63. The predicted molar refractivity (Wildman–Crippen MR) is 111 cm³/mol. The van der Waals surface area contributed by atoms with Gasteiger partial charge in [0.2, 0.25) is 11.8 Å². The molecule has 2 aromatic rings. The Bertz CT molecular complexity index is 860. The van der Waals surface area contributed by atoms with Gasteiger partial charge >= 0.3 is 0 Å². The average Bonchev–Trinajstić information content (AvgIpc) is 3.15. The van der Waals surface area contributed by atoms with E-state index in [1.807, 2.05) is 6.07 Å². The van der Waals surface area contributed by atoms with E-state index >= 15 is 0 Å². The topological polar surface area (TPSA) is 73.3 Å². The lowest BCUT2D eigenvalue weighted by Crippen LogP contribution is -2.35. The van der Waals surface area contributed by atoms with E-state index in [0.29, 0.717) is 24.8 Å². The number of aryl methyl sites for hydroxylation is 1. The van der Waals surface area contributed by atoms with E-state index in [2.05, 4.69) is 34.6 Å². The number of hydrogen-bond donors (Lipinski definition) is 1. The average molecular weight is 396 g/mol. The predicted octanol–water partition coefficient (Wildman–Crippen LogP) is 3.85. The second-order valence-electron chi connectivity index (χ2n) is 8.22. The Kier molecular flexibility index (Phi) is 5.97. The molecule has 1 aliphatic heterocycles. The van der Waals surface area contributed by atoms with Crippen LogP contribution in [0.2, 0.25) is 0 Å². The van der Waals surface area contributed by atoms with Gasteiger partial charge in [0.1, 0.15) is 11.9 Å². The first-order chi connectivity index (χ1) is 14.1. The Morgan fingerprint density at radius 2 is 2.03 bits per heavy atom. The van der Waals surface area contributed by atoms with Crippen molar-refractivity contribution >= 4 is 5.91 Å². The third-order valence-corrected chi connectivity index (χ3v) is 5.89. The lowest BCUT2D eigenvalue weighted by molar-refractivity contribution is -0.122. The van der Waals surface area contributed by atoms with Crippen molar-refractivity contribution in [2.75, 3.05) is 13.7 Å². The fraction of sp³-hybridized carbons (Fsp3) is 0.522. The van der Waals surface area contributed by atoms with Crippen molar-refractivity contribution in [3.8, 4) is 22.9 Å². The SMILES string of the molecule is COc1ccc(-c2cc(C)cc3c2OC(CNC(=O)CC2CCCCC2)C3)nn1. The van der Waals surface area contributed by atoms with Gasteiger partial charge in [-0.15, -0.1) is 10.2 Å². The maximum Gasteiger partial charge on any atom is 0.233 e. The second kappa shape index (κ2) is 8.80. The highest BCUT2D eigenvalue weighted by atomic mass is 16.5. The molecule has 1 atom stereocenters. The first-order valence-electron chi connectivity index (χ1n) is 10.6. The molecule has 1 aliphatic carbocycles. The van der Waals surface area contributed by atoms with Crippen LogP contribution in [0.3, 0.4) is 0 Å². The highest BCUT2D eigenvalue weighted by Crippen LogP contribution is 2.39. The van der Waals surface area contributed by atoms with Gasteiger partial charge in [-0.3, -0.25) is 4.79 Å². The number of aromatic nitrogens is 2. The first kappa shape index (κ1) is 19.7. The van der Waals surface area contributed by atoms with Gasteiger partial charge in [0.25, 0.3) is 0 Å². The summed E-state index contributed by atoms with van der Waals surface area (Å²) in [6, 6.07) is 7.91. The van der Waals surface area contributed by atoms with Crippen molar-refractivity contribution < 1.29 is 14.3 Å². The van der Waals surface area contributed by atoms with Crippen molar-refractivity contribution in [2.45, 2.75) is 58.0 Å². The molecular formula is C23H29N3O3. The molecule has 154 valence electrons. The maximum atomic E-state index is 12.3. The van der Waals surface area contributed by atoms with E-state index in [1.165, 1.54) is 32.1 Å². The van der Waals surface area contributed by atoms with Gasteiger partial charge in [-0.2, -0.15) is 0 Å². The van der Waals surface area contributed by atoms with Crippen LogP contribution in [-0.4, -0.2) is 35.9 Å². The number of nitrogens with zero attached hydrogens (tertiary/aromatic N) is 2. The summed E-state index contributed by atoms with van der Waals surface area (Å²) in [7, 11) is 1.57. The third-order valence-electron chi connectivity index (χ3n) is 5.89. The number of rotatable bonds is 6. The van der Waals surface area contributed by atoms with E-state index in [0.717, 1.165) is 34.6 Å². The summed E-state index contributed by atoms with van der Waals surface area (Å²) in [4.78, 5) is 12.3. The van der Waals surface area contributed by atoms with E-state index in [9.17, 15) is 4.79 Å². The smallest absolute Gasteiger partial charge is 0.233 e. The fourth-order valence-electron chi connectivity index (χ4n) is 4.42. The summed E-state index contributed by atoms with van der Waals surface area (Å²) < 4.78 is 11.3. The third kappa shape index (κ3) is 4.69. The minimum atomic E-state index is -0.0490. The summed E-state index contributed by atoms with van der Waals surface area (Å²) in [5, 5.41) is 11.4. The number of fused-ring (bicyclic) bond motifs is 1. The summed E-state index contributed by atoms with van der Waals surface area (Å²) in [5.74, 6) is 2.03. The van der Waals surface area contributed by atoms with Gasteiger partial charge in [-0.05, 0) is 48.9 Å². The molecule has 0 spiro atoms. The minimum absolute atomic E-state index is 0.0490. The summed E-state index contributed by atoms with van der Waals surface area (Å²) in [5.41, 5.74) is 4.00. The molecule has 2 aliphatic rings. The number of ether oxygens (including phenoxy) is 2. The van der Waals surface area contributed by atoms with Crippen LogP contribution in [0, 0.1) is 12.8 Å². The molecule has 0 bridgehead atoms. The number of nitrogens with one attached hydrogen (secondary N) is 1. The minimum Gasteiger partial charge on any atom is -0.487 e. The normalized spacial score (nSPS) is 18.8. The highest BCUT2D eigenvalue weighted by Gasteiger charge is 2.27. The van der Waals surface area contributed by atoms with Crippen LogP contribution in [0.4, 0.5) is 0 Å². The van der Waals surface area contributed by atoms with Gasteiger partial charge in [0.15, 0.2) is 0 Å². The molecular weight excluding hydrogens is 366 g/mol. The van der Waals surface area contributed by atoms with Crippen molar-refractivity contribution in [2.24, 2.45) is 5.92 Å². The van der Waals surface area contributed by atoms with Gasteiger partial charge in [0.05, 0.1) is 19.3 Å². The Labute approximate surface area is 172 Å². The van der Waals surface area contributed by atoms with Gasteiger partial charge in [0, 0.05) is 24.5 Å². The van der Waals surface area contributed by atoms with E-state index in [1.54, 1.807) is 13.2 Å². The lowest BCUT2D eigenvalue weighted by Gasteiger charge is -2.21. The summed E-state index contributed by atoms with van der Waals surface area (Å²) >= 11 is 0. The molecule has 2 heterocycles. The number of methoxy groups -OCH3 is 1. The van der Waals surface area contributed by atoms with Crippen LogP contribution in [0.5, 0.6) is 11.6 Å². The molecule has 1 amide bonds. The Morgan fingerprint density at radius 3 is 2.76 bits per heavy atom. The zero-order valence-corrected chi connectivity index (χ0v) is 17.2. The van der Waals surface area contributed by atoms with Crippen LogP contribution in [0.25, 0.3) is 11.3 Å². The van der Waals surface area contributed by atoms with Crippen LogP contribution < -0.4 is 14.8 Å². The van der Waals surface area contributed by atoms with Gasteiger partial charge in [-0.25, -0.2) is 0 Å². The van der Waals surface area contributed by atoms with Crippen molar-refractivity contribution in [1.82, 2.24) is 15.5 Å². The second-order valence-corrected chi connectivity index (χ2v) is 8.22. The molecule has 1 aromatic carbocycles.